The molecule has 1 aliphatic rings. The van der Waals surface area contributed by atoms with E-state index < -0.39 is 10.0 Å². The molecule has 1 fully saturated rings. The first-order valence-corrected chi connectivity index (χ1v) is 9.07. The second kappa shape index (κ2) is 6.00. The Morgan fingerprint density at radius 3 is 2.72 bits per heavy atom. The second-order valence-electron chi connectivity index (χ2n) is 4.48. The molecule has 1 saturated carbocycles. The molecule has 4 nitrogen and oxygen atoms in total. The Hall–Kier alpha value is 0.0500. The molecule has 18 heavy (non-hydrogen) atoms. The zero-order chi connectivity index (χ0) is 13.2. The molecule has 2 N–H and O–H groups in total. The van der Waals surface area contributed by atoms with Crippen molar-refractivity contribution in [1.82, 2.24) is 10.0 Å². The average molecular weight is 353 g/mol. The minimum absolute atomic E-state index is 0.106. The summed E-state index contributed by atoms with van der Waals surface area (Å²) in [6, 6.07) is 1.84. The van der Waals surface area contributed by atoms with Crippen LogP contribution in [0.2, 0.25) is 0 Å². The summed E-state index contributed by atoms with van der Waals surface area (Å²) in [6.45, 7) is 0.683. The Balaban J connectivity index is 2.17. The molecule has 1 aromatic rings. The molecule has 1 aromatic heterocycles. The van der Waals surface area contributed by atoms with E-state index in [1.807, 2.05) is 7.05 Å². The summed E-state index contributed by atoms with van der Waals surface area (Å²) in [4.78, 5) is 1.38. The maximum atomic E-state index is 12.3. The predicted molar refractivity (Wildman–Crippen MR) is 77.4 cm³/mol. The summed E-state index contributed by atoms with van der Waals surface area (Å²) in [5.41, 5.74) is 0. The van der Waals surface area contributed by atoms with E-state index in [1.165, 1.54) is 11.3 Å². The minimum Gasteiger partial charge on any atom is -0.315 e. The molecule has 0 atom stereocenters. The van der Waals surface area contributed by atoms with E-state index in [1.54, 1.807) is 6.07 Å². The van der Waals surface area contributed by atoms with Gasteiger partial charge in [0.1, 0.15) is 4.90 Å². The predicted octanol–water partition coefficient (Wildman–Crippen LogP) is 2.45. The number of halogens is 1. The third kappa shape index (κ3) is 3.33. The Morgan fingerprint density at radius 1 is 1.44 bits per heavy atom. The van der Waals surface area contributed by atoms with Crippen LogP contribution in [-0.4, -0.2) is 21.5 Å². The summed E-state index contributed by atoms with van der Waals surface area (Å²) >= 11 is 4.80. The Labute approximate surface area is 120 Å². The monoisotopic (exact) mass is 352 g/mol. The quantitative estimate of drug-likeness (QED) is 0.855. The van der Waals surface area contributed by atoms with Gasteiger partial charge in [0.2, 0.25) is 10.0 Å². The molecule has 102 valence electrons. The number of hydrogen-bond donors (Lipinski definition) is 2. The van der Waals surface area contributed by atoms with Gasteiger partial charge in [-0.25, -0.2) is 13.1 Å². The summed E-state index contributed by atoms with van der Waals surface area (Å²) in [5.74, 6) is 0. The number of thiophene rings is 1. The molecule has 0 spiro atoms. The standard InChI is InChI=1S/C11H17BrN2O2S2/c1-13-7-9-6-10(11(12)17-9)18(15,16)14-8-4-2-3-5-8/h6,8,13-14H,2-5,7H2,1H3. The summed E-state index contributed by atoms with van der Waals surface area (Å²) < 4.78 is 28.0. The molecule has 0 bridgehead atoms. The van der Waals surface area contributed by atoms with Crippen LogP contribution < -0.4 is 10.0 Å². The largest absolute Gasteiger partial charge is 0.315 e. The highest BCUT2D eigenvalue weighted by Crippen LogP contribution is 2.32. The van der Waals surface area contributed by atoms with E-state index in [2.05, 4.69) is 26.0 Å². The molecule has 0 amide bonds. The number of sulfonamides is 1. The van der Waals surface area contributed by atoms with Gasteiger partial charge < -0.3 is 5.32 Å². The smallest absolute Gasteiger partial charge is 0.242 e. The lowest BCUT2D eigenvalue weighted by molar-refractivity contribution is 0.552. The molecule has 0 aromatic carbocycles. The minimum atomic E-state index is -3.39. The van der Waals surface area contributed by atoms with Crippen LogP contribution >= 0.6 is 27.3 Å². The highest BCUT2D eigenvalue weighted by Gasteiger charge is 2.26. The van der Waals surface area contributed by atoms with Crippen LogP contribution in [0.15, 0.2) is 14.7 Å². The zero-order valence-electron chi connectivity index (χ0n) is 10.2. The first-order chi connectivity index (χ1) is 8.53. The Kier molecular flexibility index (Phi) is 4.82. The third-order valence-electron chi connectivity index (χ3n) is 3.02. The van der Waals surface area contributed by atoms with Gasteiger partial charge >= 0.3 is 0 Å². The summed E-state index contributed by atoms with van der Waals surface area (Å²) in [6.07, 6.45) is 4.13. The fourth-order valence-electron chi connectivity index (χ4n) is 2.17. The molecule has 1 aliphatic carbocycles. The SMILES string of the molecule is CNCc1cc(S(=O)(=O)NC2CCCC2)c(Br)s1. The lowest BCUT2D eigenvalue weighted by atomic mass is 10.3. The van der Waals surface area contributed by atoms with Gasteiger partial charge in [0.15, 0.2) is 0 Å². The second-order valence-corrected chi connectivity index (χ2v) is 8.62. The van der Waals surface area contributed by atoms with Crippen LogP contribution in [-0.2, 0) is 16.6 Å². The lowest BCUT2D eigenvalue weighted by Gasteiger charge is -2.11. The summed E-state index contributed by atoms with van der Waals surface area (Å²) in [7, 11) is -1.54. The van der Waals surface area contributed by atoms with Crippen LogP contribution in [0.1, 0.15) is 30.6 Å². The van der Waals surface area contributed by atoms with Gasteiger partial charge in [-0.05, 0) is 41.9 Å². The molecule has 2 rings (SSSR count). The van der Waals surface area contributed by atoms with Crippen molar-refractivity contribution in [2.75, 3.05) is 7.05 Å². The van der Waals surface area contributed by atoms with Gasteiger partial charge in [-0.2, -0.15) is 0 Å². The van der Waals surface area contributed by atoms with Crippen molar-refractivity contribution in [1.29, 1.82) is 0 Å². The fraction of sp³-hybridized carbons (Fsp3) is 0.636. The lowest BCUT2D eigenvalue weighted by Crippen LogP contribution is -2.32. The van der Waals surface area contributed by atoms with Crippen molar-refractivity contribution in [3.63, 3.8) is 0 Å². The normalized spacial score (nSPS) is 17.4. The van der Waals surface area contributed by atoms with Crippen LogP contribution in [0.25, 0.3) is 0 Å². The van der Waals surface area contributed by atoms with Crippen LogP contribution in [0.5, 0.6) is 0 Å². The van der Waals surface area contributed by atoms with Gasteiger partial charge in [0.25, 0.3) is 0 Å². The number of nitrogens with one attached hydrogen (secondary N) is 2. The maximum Gasteiger partial charge on any atom is 0.242 e. The van der Waals surface area contributed by atoms with Crippen LogP contribution in [0, 0.1) is 0 Å². The topological polar surface area (TPSA) is 58.2 Å². The van der Waals surface area contributed by atoms with E-state index in [4.69, 9.17) is 0 Å². The van der Waals surface area contributed by atoms with E-state index in [0.29, 0.717) is 15.2 Å². The Bertz CT molecular complexity index is 507. The zero-order valence-corrected chi connectivity index (χ0v) is 13.4. The van der Waals surface area contributed by atoms with Crippen molar-refractivity contribution in [2.24, 2.45) is 0 Å². The summed E-state index contributed by atoms with van der Waals surface area (Å²) in [5, 5.41) is 3.02. The van der Waals surface area contributed by atoms with E-state index in [0.717, 1.165) is 30.6 Å². The molecule has 0 aliphatic heterocycles. The molecular formula is C11H17BrN2O2S2. The maximum absolute atomic E-state index is 12.3. The van der Waals surface area contributed by atoms with Crippen molar-refractivity contribution in [2.45, 2.75) is 43.2 Å². The van der Waals surface area contributed by atoms with Crippen LogP contribution in [0.4, 0.5) is 0 Å². The Morgan fingerprint density at radius 2 is 2.11 bits per heavy atom. The van der Waals surface area contributed by atoms with Crippen molar-refractivity contribution >= 4 is 37.3 Å². The average Bonchev–Trinajstić information content (AvgIpc) is 2.88. The molecule has 0 radical (unpaired) electrons. The molecular weight excluding hydrogens is 336 g/mol. The molecule has 7 heteroatoms. The highest BCUT2D eigenvalue weighted by atomic mass is 79.9. The van der Waals surface area contributed by atoms with Gasteiger partial charge in [-0.15, -0.1) is 11.3 Å². The number of hydrogen-bond acceptors (Lipinski definition) is 4. The van der Waals surface area contributed by atoms with Crippen molar-refractivity contribution in [3.05, 3.63) is 14.7 Å². The van der Waals surface area contributed by atoms with Gasteiger partial charge in [-0.1, -0.05) is 12.8 Å². The fourth-order valence-corrected chi connectivity index (χ4v) is 6.17. The van der Waals surface area contributed by atoms with Gasteiger partial charge in [0, 0.05) is 17.5 Å². The van der Waals surface area contributed by atoms with Gasteiger partial charge in [0.05, 0.1) is 3.79 Å². The molecule has 0 unspecified atom stereocenters. The molecule has 1 heterocycles. The van der Waals surface area contributed by atoms with E-state index in [9.17, 15) is 8.42 Å². The third-order valence-corrected chi connectivity index (χ3v) is 6.80. The van der Waals surface area contributed by atoms with Gasteiger partial charge in [-0.3, -0.25) is 0 Å². The van der Waals surface area contributed by atoms with Crippen LogP contribution in [0.3, 0.4) is 0 Å². The van der Waals surface area contributed by atoms with Crippen molar-refractivity contribution in [3.8, 4) is 0 Å². The van der Waals surface area contributed by atoms with E-state index in [-0.39, 0.29) is 6.04 Å². The first kappa shape index (κ1) is 14.5. The number of rotatable bonds is 5. The van der Waals surface area contributed by atoms with Crippen molar-refractivity contribution < 1.29 is 8.42 Å². The molecule has 0 saturated heterocycles. The highest BCUT2D eigenvalue weighted by molar-refractivity contribution is 9.11. The first-order valence-electron chi connectivity index (χ1n) is 5.98. The van der Waals surface area contributed by atoms with E-state index >= 15 is 0 Å².